The van der Waals surface area contributed by atoms with Gasteiger partial charge in [-0.1, -0.05) is 43.1 Å². The summed E-state index contributed by atoms with van der Waals surface area (Å²) in [6.07, 6.45) is 4.84. The van der Waals surface area contributed by atoms with Crippen molar-refractivity contribution in [3.63, 3.8) is 0 Å². The maximum absolute atomic E-state index is 13.7. The minimum absolute atomic E-state index is 0.145. The number of benzene rings is 1. The van der Waals surface area contributed by atoms with Gasteiger partial charge in [0, 0.05) is 10.5 Å². The average molecular weight is 356 g/mol. The van der Waals surface area contributed by atoms with Crippen LogP contribution in [0.4, 0.5) is 4.39 Å². The van der Waals surface area contributed by atoms with E-state index in [4.69, 9.17) is 0 Å². The Kier molecular flexibility index (Phi) is 6.24. The Morgan fingerprint density at radius 3 is 2.71 bits per heavy atom. The van der Waals surface area contributed by atoms with E-state index in [9.17, 15) is 4.39 Å². The third-order valence-corrected chi connectivity index (χ3v) is 5.74. The predicted molar refractivity (Wildman–Crippen MR) is 90.8 cm³/mol. The van der Waals surface area contributed by atoms with Crippen LogP contribution in [0.25, 0.3) is 0 Å². The van der Waals surface area contributed by atoms with Gasteiger partial charge in [0.15, 0.2) is 0 Å². The molecule has 2 rings (SSSR count). The second-order valence-corrected chi connectivity index (χ2v) is 7.48. The SMILES string of the molecule is CCCNC(c1cc(F)ccc1Br)C1CCC(C)C(C)C1. The van der Waals surface area contributed by atoms with E-state index in [1.54, 1.807) is 6.07 Å². The van der Waals surface area contributed by atoms with Crippen LogP contribution in [0.15, 0.2) is 22.7 Å². The van der Waals surface area contributed by atoms with Crippen LogP contribution in [0.1, 0.15) is 58.1 Å². The van der Waals surface area contributed by atoms with E-state index in [0.717, 1.165) is 34.8 Å². The Hall–Kier alpha value is -0.410. The molecule has 0 heterocycles. The molecule has 1 saturated carbocycles. The zero-order valence-electron chi connectivity index (χ0n) is 13.3. The third kappa shape index (κ3) is 4.29. The number of hydrogen-bond donors (Lipinski definition) is 1. The van der Waals surface area contributed by atoms with Gasteiger partial charge in [0.1, 0.15) is 5.82 Å². The van der Waals surface area contributed by atoms with Crippen molar-refractivity contribution in [3.05, 3.63) is 34.1 Å². The summed E-state index contributed by atoms with van der Waals surface area (Å²) in [6.45, 7) is 7.87. The molecular formula is C18H27BrFN. The molecule has 0 radical (unpaired) electrons. The minimum atomic E-state index is -0.145. The Balaban J connectivity index is 2.23. The molecule has 0 amide bonds. The highest BCUT2D eigenvalue weighted by atomic mass is 79.9. The highest BCUT2D eigenvalue weighted by molar-refractivity contribution is 9.10. The van der Waals surface area contributed by atoms with Crippen molar-refractivity contribution in [2.45, 2.75) is 52.5 Å². The number of hydrogen-bond acceptors (Lipinski definition) is 1. The van der Waals surface area contributed by atoms with Gasteiger partial charge in [0.2, 0.25) is 0 Å². The van der Waals surface area contributed by atoms with E-state index < -0.39 is 0 Å². The lowest BCUT2D eigenvalue weighted by molar-refractivity contribution is 0.170. The number of rotatable bonds is 5. The molecule has 21 heavy (non-hydrogen) atoms. The molecule has 1 aliphatic rings. The molecule has 0 saturated heterocycles. The van der Waals surface area contributed by atoms with Gasteiger partial charge >= 0.3 is 0 Å². The molecule has 0 bridgehead atoms. The summed E-state index contributed by atoms with van der Waals surface area (Å²) in [4.78, 5) is 0. The van der Waals surface area contributed by atoms with Gasteiger partial charge in [-0.15, -0.1) is 0 Å². The van der Waals surface area contributed by atoms with Crippen LogP contribution < -0.4 is 5.32 Å². The number of halogens is 2. The predicted octanol–water partition coefficient (Wildman–Crippen LogP) is 5.70. The smallest absolute Gasteiger partial charge is 0.123 e. The molecule has 4 unspecified atom stereocenters. The molecule has 0 aromatic heterocycles. The van der Waals surface area contributed by atoms with Crippen molar-refractivity contribution >= 4 is 15.9 Å². The normalized spacial score (nSPS) is 27.6. The Labute approximate surface area is 136 Å². The monoisotopic (exact) mass is 355 g/mol. The molecule has 118 valence electrons. The Morgan fingerprint density at radius 2 is 2.05 bits per heavy atom. The van der Waals surface area contributed by atoms with E-state index in [1.165, 1.54) is 25.3 Å². The van der Waals surface area contributed by atoms with E-state index >= 15 is 0 Å². The molecule has 1 fully saturated rings. The van der Waals surface area contributed by atoms with E-state index in [-0.39, 0.29) is 11.9 Å². The van der Waals surface area contributed by atoms with Crippen LogP contribution in [0.5, 0.6) is 0 Å². The first-order valence-corrected chi connectivity index (χ1v) is 9.00. The summed E-state index contributed by atoms with van der Waals surface area (Å²) in [5.41, 5.74) is 1.08. The quantitative estimate of drug-likeness (QED) is 0.713. The zero-order chi connectivity index (χ0) is 15.4. The van der Waals surface area contributed by atoms with Crippen LogP contribution >= 0.6 is 15.9 Å². The van der Waals surface area contributed by atoms with Gasteiger partial charge in [0.25, 0.3) is 0 Å². The first-order valence-electron chi connectivity index (χ1n) is 8.21. The summed E-state index contributed by atoms with van der Waals surface area (Å²) in [5, 5.41) is 3.66. The summed E-state index contributed by atoms with van der Waals surface area (Å²) < 4.78 is 14.7. The van der Waals surface area contributed by atoms with Crippen LogP contribution in [0, 0.1) is 23.6 Å². The summed E-state index contributed by atoms with van der Waals surface area (Å²) in [6, 6.07) is 5.31. The van der Waals surface area contributed by atoms with Gasteiger partial charge in [-0.25, -0.2) is 4.39 Å². The summed E-state index contributed by atoms with van der Waals surface area (Å²) in [5.74, 6) is 2.01. The van der Waals surface area contributed by atoms with Crippen molar-refractivity contribution in [1.82, 2.24) is 5.32 Å². The van der Waals surface area contributed by atoms with E-state index in [1.807, 2.05) is 6.07 Å². The van der Waals surface area contributed by atoms with Gasteiger partial charge in [-0.05, 0) is 67.3 Å². The molecule has 0 aliphatic heterocycles. The largest absolute Gasteiger partial charge is 0.310 e. The Bertz CT molecular complexity index is 463. The average Bonchev–Trinajstić information content (AvgIpc) is 2.46. The summed E-state index contributed by atoms with van der Waals surface area (Å²) >= 11 is 3.61. The maximum Gasteiger partial charge on any atom is 0.123 e. The van der Waals surface area contributed by atoms with Crippen molar-refractivity contribution in [2.24, 2.45) is 17.8 Å². The fourth-order valence-electron chi connectivity index (χ4n) is 3.48. The van der Waals surface area contributed by atoms with Crippen LogP contribution in [-0.2, 0) is 0 Å². The molecule has 0 spiro atoms. The lowest BCUT2D eigenvalue weighted by Crippen LogP contribution is -2.34. The fraction of sp³-hybridized carbons (Fsp3) is 0.667. The van der Waals surface area contributed by atoms with Crippen molar-refractivity contribution in [1.29, 1.82) is 0 Å². The molecule has 3 heteroatoms. The second kappa shape index (κ2) is 7.73. The second-order valence-electron chi connectivity index (χ2n) is 6.63. The number of nitrogens with one attached hydrogen (secondary N) is 1. The summed E-state index contributed by atoms with van der Waals surface area (Å²) in [7, 11) is 0. The molecule has 1 aromatic rings. The molecule has 1 aliphatic carbocycles. The Morgan fingerprint density at radius 1 is 1.29 bits per heavy atom. The first kappa shape index (κ1) is 17.0. The van der Waals surface area contributed by atoms with Crippen LogP contribution in [-0.4, -0.2) is 6.54 Å². The zero-order valence-corrected chi connectivity index (χ0v) is 14.9. The molecular weight excluding hydrogens is 329 g/mol. The van der Waals surface area contributed by atoms with Crippen LogP contribution in [0.3, 0.4) is 0 Å². The lowest BCUT2D eigenvalue weighted by atomic mass is 9.72. The highest BCUT2D eigenvalue weighted by Gasteiger charge is 2.31. The van der Waals surface area contributed by atoms with E-state index in [2.05, 4.69) is 42.0 Å². The van der Waals surface area contributed by atoms with Gasteiger partial charge in [-0.3, -0.25) is 0 Å². The van der Waals surface area contributed by atoms with Crippen molar-refractivity contribution < 1.29 is 4.39 Å². The third-order valence-electron chi connectivity index (χ3n) is 5.02. The topological polar surface area (TPSA) is 12.0 Å². The van der Waals surface area contributed by atoms with Gasteiger partial charge in [0.05, 0.1) is 0 Å². The van der Waals surface area contributed by atoms with Crippen molar-refractivity contribution in [3.8, 4) is 0 Å². The molecule has 1 aromatic carbocycles. The minimum Gasteiger partial charge on any atom is -0.310 e. The fourth-order valence-corrected chi connectivity index (χ4v) is 3.97. The molecule has 1 N–H and O–H groups in total. The van der Waals surface area contributed by atoms with Crippen molar-refractivity contribution in [2.75, 3.05) is 6.54 Å². The van der Waals surface area contributed by atoms with Gasteiger partial charge < -0.3 is 5.32 Å². The molecule has 1 nitrogen and oxygen atoms in total. The maximum atomic E-state index is 13.7. The first-order chi connectivity index (χ1) is 10.0. The van der Waals surface area contributed by atoms with E-state index in [0.29, 0.717) is 5.92 Å². The standard InChI is InChI=1S/C18H27BrFN/c1-4-9-21-18(14-6-5-12(2)13(3)10-14)16-11-15(20)7-8-17(16)19/h7-8,11-14,18,21H,4-6,9-10H2,1-3H3. The molecule has 4 atom stereocenters. The highest BCUT2D eigenvalue weighted by Crippen LogP contribution is 2.41. The lowest BCUT2D eigenvalue weighted by Gasteiger charge is -2.37. The van der Waals surface area contributed by atoms with Gasteiger partial charge in [-0.2, -0.15) is 0 Å². The van der Waals surface area contributed by atoms with Crippen LogP contribution in [0.2, 0.25) is 0 Å².